The highest BCUT2D eigenvalue weighted by Crippen LogP contribution is 2.22. The Labute approximate surface area is 183 Å². The van der Waals surface area contributed by atoms with Crippen LogP contribution >= 0.6 is 0 Å². The van der Waals surface area contributed by atoms with E-state index in [1.165, 1.54) is 6.92 Å². The van der Waals surface area contributed by atoms with Crippen LogP contribution in [-0.2, 0) is 21.2 Å². The summed E-state index contributed by atoms with van der Waals surface area (Å²) in [6.45, 7) is 2.50. The fourth-order valence-electron chi connectivity index (χ4n) is 3.68. The second-order valence-corrected chi connectivity index (χ2v) is 10.0. The van der Waals surface area contributed by atoms with Crippen molar-refractivity contribution in [3.05, 3.63) is 59.7 Å². The van der Waals surface area contributed by atoms with E-state index in [0.29, 0.717) is 30.8 Å². The van der Waals surface area contributed by atoms with Crippen molar-refractivity contribution in [3.63, 3.8) is 0 Å². The number of benzene rings is 2. The zero-order chi connectivity index (χ0) is 22.4. The lowest BCUT2D eigenvalue weighted by molar-refractivity contribution is -0.116. The second kappa shape index (κ2) is 10.1. The maximum absolute atomic E-state index is 12.5. The van der Waals surface area contributed by atoms with Crippen molar-refractivity contribution in [1.29, 1.82) is 0 Å². The topological polar surface area (TPSA) is 92.8 Å². The smallest absolute Gasteiger partial charge is 0.225 e. The van der Waals surface area contributed by atoms with Gasteiger partial charge in [0.25, 0.3) is 0 Å². The van der Waals surface area contributed by atoms with E-state index in [-0.39, 0.29) is 35.7 Å². The predicted molar refractivity (Wildman–Crippen MR) is 120 cm³/mol. The zero-order valence-corrected chi connectivity index (χ0v) is 18.7. The van der Waals surface area contributed by atoms with Crippen LogP contribution < -0.4 is 10.1 Å². The monoisotopic (exact) mass is 444 g/mol. The minimum atomic E-state index is -3.03. The maximum Gasteiger partial charge on any atom is 0.225 e. The summed E-state index contributed by atoms with van der Waals surface area (Å²) in [5.74, 6) is 0.881. The highest BCUT2D eigenvalue weighted by Gasteiger charge is 2.32. The summed E-state index contributed by atoms with van der Waals surface area (Å²) in [6, 6.07) is 14.3. The third-order valence-electron chi connectivity index (χ3n) is 5.47. The molecule has 1 aliphatic rings. The summed E-state index contributed by atoms with van der Waals surface area (Å²) in [5, 5.41) is 2.84. The number of methoxy groups -OCH3 is 1. The molecular weight excluding hydrogens is 416 g/mol. The van der Waals surface area contributed by atoms with Gasteiger partial charge < -0.3 is 10.1 Å². The lowest BCUT2D eigenvalue weighted by Gasteiger charge is -2.28. The molecular formula is C23H28N2O5S. The summed E-state index contributed by atoms with van der Waals surface area (Å²) in [5.41, 5.74) is 2.25. The fourth-order valence-corrected chi connectivity index (χ4v) is 5.44. The molecule has 1 saturated heterocycles. The van der Waals surface area contributed by atoms with Gasteiger partial charge in [0.1, 0.15) is 5.75 Å². The molecule has 1 unspecified atom stereocenters. The number of sulfone groups is 1. The molecule has 0 spiro atoms. The number of ketones is 1. The molecule has 1 amide bonds. The van der Waals surface area contributed by atoms with Crippen LogP contribution in [0.25, 0.3) is 0 Å². The Morgan fingerprint density at radius 2 is 1.77 bits per heavy atom. The predicted octanol–water partition coefficient (Wildman–Crippen LogP) is 2.92. The largest absolute Gasteiger partial charge is 0.497 e. The molecule has 0 aromatic heterocycles. The molecule has 0 bridgehead atoms. The molecule has 2 aromatic carbocycles. The van der Waals surface area contributed by atoms with Gasteiger partial charge in [0.2, 0.25) is 5.91 Å². The Morgan fingerprint density at radius 3 is 2.32 bits per heavy atom. The molecule has 1 N–H and O–H groups in total. The van der Waals surface area contributed by atoms with Gasteiger partial charge in [-0.1, -0.05) is 12.1 Å². The van der Waals surface area contributed by atoms with E-state index in [1.54, 1.807) is 31.4 Å². The van der Waals surface area contributed by atoms with Crippen molar-refractivity contribution in [2.24, 2.45) is 0 Å². The highest BCUT2D eigenvalue weighted by molar-refractivity contribution is 7.91. The van der Waals surface area contributed by atoms with Gasteiger partial charge in [-0.2, -0.15) is 0 Å². The zero-order valence-electron chi connectivity index (χ0n) is 17.8. The average Bonchev–Trinajstić information content (AvgIpc) is 3.11. The number of nitrogens with one attached hydrogen (secondary N) is 1. The molecule has 0 saturated carbocycles. The van der Waals surface area contributed by atoms with Crippen molar-refractivity contribution in [3.8, 4) is 5.75 Å². The van der Waals surface area contributed by atoms with Gasteiger partial charge in [-0.25, -0.2) is 8.42 Å². The Kier molecular flexibility index (Phi) is 7.46. The van der Waals surface area contributed by atoms with Crippen molar-refractivity contribution >= 4 is 27.2 Å². The van der Waals surface area contributed by atoms with Gasteiger partial charge in [-0.05, 0) is 55.3 Å². The van der Waals surface area contributed by atoms with Gasteiger partial charge in [0.15, 0.2) is 15.6 Å². The number of carbonyl (C=O) groups is 2. The van der Waals surface area contributed by atoms with E-state index in [2.05, 4.69) is 10.2 Å². The summed E-state index contributed by atoms with van der Waals surface area (Å²) in [6.07, 6.45) is 0.813. The molecule has 166 valence electrons. The van der Waals surface area contributed by atoms with Crippen LogP contribution in [0.3, 0.4) is 0 Å². The Bertz CT molecular complexity index is 1020. The molecule has 1 fully saturated rings. The number of Topliss-reactive ketones (excluding diaryl/α,β-unsaturated/α-hetero) is 1. The molecule has 31 heavy (non-hydrogen) atoms. The van der Waals surface area contributed by atoms with E-state index < -0.39 is 9.84 Å². The van der Waals surface area contributed by atoms with E-state index >= 15 is 0 Å². The minimum Gasteiger partial charge on any atom is -0.497 e. The first kappa shape index (κ1) is 23.0. The SMILES string of the molecule is COc1ccc(CN(CCC(=O)Nc2ccc(C(C)=O)cc2)C2CCS(=O)(=O)C2)cc1. The van der Waals surface area contributed by atoms with Gasteiger partial charge in [0.05, 0.1) is 18.6 Å². The number of ether oxygens (including phenoxy) is 1. The number of amides is 1. The first-order valence-corrected chi connectivity index (χ1v) is 12.1. The van der Waals surface area contributed by atoms with Crippen LogP contribution in [0.15, 0.2) is 48.5 Å². The highest BCUT2D eigenvalue weighted by atomic mass is 32.2. The maximum atomic E-state index is 12.5. The first-order chi connectivity index (χ1) is 14.8. The second-order valence-electron chi connectivity index (χ2n) is 7.81. The summed E-state index contributed by atoms with van der Waals surface area (Å²) in [7, 11) is -1.42. The van der Waals surface area contributed by atoms with Gasteiger partial charge in [-0.3, -0.25) is 14.5 Å². The van der Waals surface area contributed by atoms with Crippen LogP contribution in [0.5, 0.6) is 5.75 Å². The third kappa shape index (κ3) is 6.63. The number of nitrogens with zero attached hydrogens (tertiary/aromatic N) is 1. The normalized spacial score (nSPS) is 17.5. The van der Waals surface area contributed by atoms with E-state index in [1.807, 2.05) is 24.3 Å². The standard InChI is InChI=1S/C23H28N2O5S/c1-17(26)19-5-7-20(8-6-19)24-23(27)11-13-25(21-12-14-31(28,29)16-21)15-18-3-9-22(30-2)10-4-18/h3-10,21H,11-16H2,1-2H3,(H,24,27). The summed E-state index contributed by atoms with van der Waals surface area (Å²) in [4.78, 5) is 25.9. The molecule has 2 aromatic rings. The Hall–Kier alpha value is -2.71. The molecule has 3 rings (SSSR count). The quantitative estimate of drug-likeness (QED) is 0.598. The average molecular weight is 445 g/mol. The molecule has 0 radical (unpaired) electrons. The van der Waals surface area contributed by atoms with Gasteiger partial charge in [-0.15, -0.1) is 0 Å². The molecule has 7 nitrogen and oxygen atoms in total. The molecule has 0 aliphatic carbocycles. The van der Waals surface area contributed by atoms with E-state index in [9.17, 15) is 18.0 Å². The number of carbonyl (C=O) groups excluding carboxylic acids is 2. The Balaban J connectivity index is 1.63. The van der Waals surface area contributed by atoms with Crippen LogP contribution in [0, 0.1) is 0 Å². The Morgan fingerprint density at radius 1 is 1.10 bits per heavy atom. The fraction of sp³-hybridized carbons (Fsp3) is 0.391. The van der Waals surface area contributed by atoms with Crippen LogP contribution in [-0.4, -0.2) is 56.2 Å². The van der Waals surface area contributed by atoms with E-state index in [4.69, 9.17) is 4.74 Å². The third-order valence-corrected chi connectivity index (χ3v) is 7.22. The number of hydrogen-bond donors (Lipinski definition) is 1. The first-order valence-electron chi connectivity index (χ1n) is 10.2. The molecule has 1 atom stereocenters. The van der Waals surface area contributed by atoms with Crippen molar-refractivity contribution < 1.29 is 22.7 Å². The lowest BCUT2D eigenvalue weighted by atomic mass is 10.1. The minimum absolute atomic E-state index is 0.0291. The van der Waals surface area contributed by atoms with Crippen LogP contribution in [0.1, 0.15) is 35.7 Å². The summed E-state index contributed by atoms with van der Waals surface area (Å²) < 4.78 is 29.2. The van der Waals surface area contributed by atoms with Crippen molar-refractivity contribution in [2.75, 3.05) is 30.5 Å². The summed E-state index contributed by atoms with van der Waals surface area (Å²) >= 11 is 0. The van der Waals surface area contributed by atoms with Crippen molar-refractivity contribution in [1.82, 2.24) is 4.90 Å². The lowest BCUT2D eigenvalue weighted by Crippen LogP contribution is -2.37. The van der Waals surface area contributed by atoms with Crippen LogP contribution in [0.4, 0.5) is 5.69 Å². The van der Waals surface area contributed by atoms with Gasteiger partial charge in [0, 0.05) is 36.8 Å². The van der Waals surface area contributed by atoms with Crippen LogP contribution in [0.2, 0.25) is 0 Å². The number of hydrogen-bond acceptors (Lipinski definition) is 6. The molecule has 8 heteroatoms. The number of rotatable bonds is 9. The molecule has 1 heterocycles. The van der Waals surface area contributed by atoms with Gasteiger partial charge >= 0.3 is 0 Å². The van der Waals surface area contributed by atoms with Crippen molar-refractivity contribution in [2.45, 2.75) is 32.4 Å². The van der Waals surface area contributed by atoms with E-state index in [0.717, 1.165) is 11.3 Å². The molecule has 1 aliphatic heterocycles. The number of anilines is 1.